The monoisotopic (exact) mass is 717 g/mol. The molecule has 5 heterocycles. The number of morpholine rings is 1. The molecular weight excluding hydrogens is 680 g/mol. The Morgan fingerprint density at radius 2 is 1.78 bits per heavy atom. The molecule has 2 fully saturated rings. The maximum atomic E-state index is 14.7. The molecule has 2 saturated heterocycles. The number of amides is 1. The lowest BCUT2D eigenvalue weighted by Crippen LogP contribution is -2.56. The zero-order valence-corrected chi connectivity index (χ0v) is 29.1. The molecule has 1 amide bonds. The minimum absolute atomic E-state index is 0.0167. The van der Waals surface area contributed by atoms with Gasteiger partial charge in [-0.1, -0.05) is 36.4 Å². The van der Waals surface area contributed by atoms with Crippen LogP contribution in [0, 0.1) is 11.3 Å². The second-order valence-electron chi connectivity index (χ2n) is 13.2. The number of pyridine rings is 2. The summed E-state index contributed by atoms with van der Waals surface area (Å²) in [7, 11) is 0.900. The van der Waals surface area contributed by atoms with Crippen LogP contribution in [0.2, 0.25) is 0 Å². The van der Waals surface area contributed by atoms with Crippen molar-refractivity contribution >= 4 is 40.9 Å². The highest BCUT2D eigenvalue weighted by molar-refractivity contribution is 7.80. The molecule has 4 atom stereocenters. The summed E-state index contributed by atoms with van der Waals surface area (Å²) in [4.78, 5) is 31.0. The number of fused-ring (bicyclic) bond motifs is 2. The van der Waals surface area contributed by atoms with Crippen LogP contribution in [0.15, 0.2) is 72.9 Å². The molecule has 3 aliphatic rings. The normalized spacial score (nSPS) is 22.5. The van der Waals surface area contributed by atoms with Crippen LogP contribution in [0.4, 0.5) is 24.7 Å². The van der Waals surface area contributed by atoms with Crippen molar-refractivity contribution < 1.29 is 27.4 Å². The third kappa shape index (κ3) is 6.37. The molecule has 7 rings (SSSR count). The Bertz CT molecular complexity index is 1950. The predicted molar refractivity (Wildman–Crippen MR) is 189 cm³/mol. The average molecular weight is 718 g/mol. The third-order valence-electron chi connectivity index (χ3n) is 10.0. The minimum atomic E-state index is -5.02. The number of anilines is 2. The van der Waals surface area contributed by atoms with Gasteiger partial charge in [-0.05, 0) is 37.3 Å². The first kappa shape index (κ1) is 35.0. The van der Waals surface area contributed by atoms with Crippen LogP contribution in [-0.4, -0.2) is 97.0 Å². The van der Waals surface area contributed by atoms with Crippen LogP contribution in [-0.2, 0) is 26.4 Å². The number of ether oxygens (including phenoxy) is 2. The number of hydrogen-bond acceptors (Lipinski definition) is 10. The first-order valence-electron chi connectivity index (χ1n) is 16.9. The highest BCUT2D eigenvalue weighted by Gasteiger charge is 2.64. The van der Waals surface area contributed by atoms with E-state index in [1.807, 2.05) is 30.3 Å². The number of halogens is 3. The standard InChI is InChI=1S/C37H38F3N7O3S/c1-24-20-46(31-12-10-25(19-41)33-29(31)9-6-14-42-33)22-27(50-24)21-44-15-17-45(18-16-44)32-13-11-28-30(43-32)23-47(34(28)51)35(48)36(49-2,37(38,39)40)26-7-4-3-5-8-26/h3-14,24,27,34,51H,15-18,20-23H2,1-2H3/t24-,27+,34-,36+/m1/s1. The first-order chi connectivity index (χ1) is 24.5. The van der Waals surface area contributed by atoms with Gasteiger partial charge in [0.15, 0.2) is 0 Å². The summed E-state index contributed by atoms with van der Waals surface area (Å²) in [5, 5.41) is 9.62. The van der Waals surface area contributed by atoms with Crippen LogP contribution >= 0.6 is 12.6 Å². The molecule has 0 spiro atoms. The van der Waals surface area contributed by atoms with E-state index in [1.54, 1.807) is 18.3 Å². The van der Waals surface area contributed by atoms with Crippen molar-refractivity contribution in [2.24, 2.45) is 0 Å². The molecule has 14 heteroatoms. The number of alkyl halides is 3. The number of piperazine rings is 1. The van der Waals surface area contributed by atoms with E-state index in [9.17, 15) is 23.2 Å². The van der Waals surface area contributed by atoms with Crippen LogP contribution < -0.4 is 9.80 Å². The Morgan fingerprint density at radius 3 is 2.49 bits per heavy atom. The molecule has 266 valence electrons. The fourth-order valence-electron chi connectivity index (χ4n) is 7.56. The van der Waals surface area contributed by atoms with Gasteiger partial charge in [-0.2, -0.15) is 18.4 Å². The fourth-order valence-corrected chi connectivity index (χ4v) is 7.98. The highest BCUT2D eigenvalue weighted by Crippen LogP contribution is 2.47. The van der Waals surface area contributed by atoms with Crippen LogP contribution in [0.1, 0.15) is 34.7 Å². The zero-order valence-electron chi connectivity index (χ0n) is 28.3. The van der Waals surface area contributed by atoms with Crippen LogP contribution in [0.5, 0.6) is 0 Å². The van der Waals surface area contributed by atoms with Crippen LogP contribution in [0.3, 0.4) is 0 Å². The second kappa shape index (κ2) is 14.0. The number of benzene rings is 2. The number of thiol groups is 1. The van der Waals surface area contributed by atoms with Gasteiger partial charge in [0, 0.05) is 81.3 Å². The average Bonchev–Trinajstić information content (AvgIpc) is 3.46. The topological polar surface area (TPSA) is 98.1 Å². The molecule has 0 unspecified atom stereocenters. The van der Waals surface area contributed by atoms with Gasteiger partial charge in [0.2, 0.25) is 0 Å². The molecule has 2 aromatic heterocycles. The molecule has 0 bridgehead atoms. The number of hydrogen-bond donors (Lipinski definition) is 1. The lowest BCUT2D eigenvalue weighted by atomic mass is 9.91. The van der Waals surface area contributed by atoms with Gasteiger partial charge in [-0.3, -0.25) is 14.7 Å². The molecule has 4 aromatic rings. The third-order valence-corrected chi connectivity index (χ3v) is 10.6. The number of carbonyl (C=O) groups is 1. The van der Waals surface area contributed by atoms with Gasteiger partial charge in [0.1, 0.15) is 17.3 Å². The molecular formula is C37H38F3N7O3S. The van der Waals surface area contributed by atoms with E-state index in [0.29, 0.717) is 47.8 Å². The van der Waals surface area contributed by atoms with Crippen LogP contribution in [0.25, 0.3) is 10.9 Å². The van der Waals surface area contributed by atoms with Crippen molar-refractivity contribution in [3.8, 4) is 6.07 Å². The number of methoxy groups -OCH3 is 1. The van der Waals surface area contributed by atoms with Gasteiger partial charge in [-0.25, -0.2) is 4.98 Å². The fraction of sp³-hybridized carbons (Fsp3) is 0.405. The summed E-state index contributed by atoms with van der Waals surface area (Å²) < 4.78 is 55.4. The lowest BCUT2D eigenvalue weighted by Gasteiger charge is -2.42. The molecule has 3 aliphatic heterocycles. The Hall–Kier alpha value is -4.42. The molecule has 51 heavy (non-hydrogen) atoms. The highest BCUT2D eigenvalue weighted by atomic mass is 32.1. The van der Waals surface area contributed by atoms with Crippen molar-refractivity contribution in [3.05, 3.63) is 95.3 Å². The van der Waals surface area contributed by atoms with E-state index >= 15 is 0 Å². The molecule has 2 aromatic carbocycles. The SMILES string of the molecule is CO[C@](C(=O)N1Cc2nc(N3CCN(C[C@H]4CN(c5ccc(C#N)c6ncccc56)C[C@@H](C)O4)CC3)ccc2[C@H]1S)(c1ccccc1)C(F)(F)F. The van der Waals surface area contributed by atoms with Crippen molar-refractivity contribution in [2.75, 3.05) is 62.7 Å². The molecule has 0 saturated carbocycles. The predicted octanol–water partition coefficient (Wildman–Crippen LogP) is 5.29. The maximum Gasteiger partial charge on any atom is 0.430 e. The van der Waals surface area contributed by atoms with Crippen molar-refractivity contribution in [1.29, 1.82) is 5.26 Å². The number of rotatable bonds is 7. The summed E-state index contributed by atoms with van der Waals surface area (Å²) >= 11 is 4.57. The first-order valence-corrected chi connectivity index (χ1v) is 17.4. The van der Waals surface area contributed by atoms with E-state index in [0.717, 1.165) is 49.3 Å². The minimum Gasteiger partial charge on any atom is -0.370 e. The van der Waals surface area contributed by atoms with Gasteiger partial charge in [0.25, 0.3) is 11.5 Å². The molecule has 0 N–H and O–H groups in total. The summed E-state index contributed by atoms with van der Waals surface area (Å²) in [6.07, 6.45) is -3.32. The van der Waals surface area contributed by atoms with E-state index in [-0.39, 0.29) is 24.3 Å². The van der Waals surface area contributed by atoms with E-state index in [2.05, 4.69) is 45.3 Å². The summed E-state index contributed by atoms with van der Waals surface area (Å²) in [5.74, 6) is -0.533. The Kier molecular flexibility index (Phi) is 9.57. The lowest BCUT2D eigenvalue weighted by molar-refractivity contribution is -0.270. The molecule has 10 nitrogen and oxygen atoms in total. The van der Waals surface area contributed by atoms with Gasteiger partial charge in [-0.15, -0.1) is 12.6 Å². The number of aromatic nitrogens is 2. The number of nitrogens with zero attached hydrogens (tertiary/aromatic N) is 7. The van der Waals surface area contributed by atoms with E-state index in [4.69, 9.17) is 14.5 Å². The van der Waals surface area contributed by atoms with Gasteiger partial charge >= 0.3 is 6.18 Å². The maximum absolute atomic E-state index is 14.7. The molecule has 0 aliphatic carbocycles. The van der Waals surface area contributed by atoms with E-state index < -0.39 is 23.1 Å². The van der Waals surface area contributed by atoms with Crippen molar-refractivity contribution in [2.45, 2.75) is 42.8 Å². The van der Waals surface area contributed by atoms with Gasteiger partial charge < -0.3 is 24.2 Å². The largest absolute Gasteiger partial charge is 0.430 e. The zero-order chi connectivity index (χ0) is 35.9. The Labute approximate surface area is 299 Å². The Balaban J connectivity index is 1.01. The summed E-state index contributed by atoms with van der Waals surface area (Å²) in [6, 6.07) is 20.6. The quantitative estimate of drug-likeness (QED) is 0.256. The number of carbonyl (C=O) groups excluding carboxylic acids is 1. The smallest absolute Gasteiger partial charge is 0.370 e. The Morgan fingerprint density at radius 1 is 1.02 bits per heavy atom. The second-order valence-corrected chi connectivity index (χ2v) is 13.7. The summed E-state index contributed by atoms with van der Waals surface area (Å²) in [6.45, 7) is 7.08. The number of nitriles is 1. The van der Waals surface area contributed by atoms with E-state index in [1.165, 1.54) is 24.3 Å². The van der Waals surface area contributed by atoms with Crippen molar-refractivity contribution in [3.63, 3.8) is 0 Å². The van der Waals surface area contributed by atoms with Crippen molar-refractivity contribution in [1.82, 2.24) is 19.8 Å². The summed E-state index contributed by atoms with van der Waals surface area (Å²) in [5.41, 5.74) is -0.0804. The van der Waals surface area contributed by atoms with Gasteiger partial charge in [0.05, 0.1) is 35.5 Å². The molecule has 0 radical (unpaired) electrons.